The van der Waals surface area contributed by atoms with E-state index in [2.05, 4.69) is 202 Å². The van der Waals surface area contributed by atoms with Crippen molar-refractivity contribution in [1.29, 1.82) is 0 Å². The van der Waals surface area contributed by atoms with Crippen molar-refractivity contribution in [3.05, 3.63) is 188 Å². The van der Waals surface area contributed by atoms with E-state index >= 15 is 0 Å². The summed E-state index contributed by atoms with van der Waals surface area (Å²) < 4.78 is 7.49. The lowest BCUT2D eigenvalue weighted by Gasteiger charge is -2.22. The van der Waals surface area contributed by atoms with Crippen LogP contribution in [0.2, 0.25) is 0 Å². The maximum absolute atomic E-state index is 2.54. The zero-order valence-corrected chi connectivity index (χ0v) is 31.0. The van der Waals surface area contributed by atoms with Crippen LogP contribution in [0.1, 0.15) is 0 Å². The van der Waals surface area contributed by atoms with Gasteiger partial charge in [-0.25, -0.2) is 0 Å². The average molecular weight is 730 g/mol. The Labute approximate surface area is 326 Å². The van der Waals surface area contributed by atoms with Crippen molar-refractivity contribution in [3.63, 3.8) is 0 Å². The van der Waals surface area contributed by atoms with E-state index < -0.39 is 0 Å². The van der Waals surface area contributed by atoms with Gasteiger partial charge < -0.3 is 4.57 Å². The lowest BCUT2D eigenvalue weighted by atomic mass is 10.0. The fourth-order valence-electron chi connectivity index (χ4n) is 9.55. The van der Waals surface area contributed by atoms with Crippen LogP contribution in [-0.2, 0) is 0 Å². The van der Waals surface area contributed by atoms with Gasteiger partial charge >= 0.3 is 0 Å². The molecule has 0 bridgehead atoms. The third-order valence-electron chi connectivity index (χ3n) is 11.9. The molecule has 0 radical (unpaired) electrons. The number of nitrogens with zero attached hydrogens (tertiary/aromatic N) is 3. The first-order valence-electron chi connectivity index (χ1n) is 19.2. The second-order valence-electron chi connectivity index (χ2n) is 14.9. The Bertz CT molecular complexity index is 3620. The first-order valence-corrected chi connectivity index (χ1v) is 20.0. The second kappa shape index (κ2) is 11.3. The summed E-state index contributed by atoms with van der Waals surface area (Å²) >= 11 is 1.88. The van der Waals surface area contributed by atoms with Crippen LogP contribution in [0.5, 0.6) is 0 Å². The van der Waals surface area contributed by atoms with Gasteiger partial charge in [0.1, 0.15) is 5.65 Å². The minimum atomic E-state index is 1.15. The molecule has 0 spiro atoms. The van der Waals surface area contributed by atoms with Crippen LogP contribution in [0.4, 0.5) is 0 Å². The largest absolute Gasteiger partial charge is 0.309 e. The van der Waals surface area contributed by atoms with Gasteiger partial charge in [0.05, 0.1) is 27.8 Å². The van der Waals surface area contributed by atoms with Crippen molar-refractivity contribution in [1.82, 2.24) is 13.7 Å². The molecule has 4 heterocycles. The first-order chi connectivity index (χ1) is 27.8. The predicted octanol–water partition coefficient (Wildman–Crippen LogP) is 14.3. The Kier molecular flexibility index (Phi) is 6.10. The van der Waals surface area contributed by atoms with Gasteiger partial charge in [-0.05, 0) is 87.9 Å². The summed E-state index contributed by atoms with van der Waals surface area (Å²) in [4.78, 5) is 2.55. The monoisotopic (exact) mass is 729 g/mol. The van der Waals surface area contributed by atoms with Crippen LogP contribution in [0.15, 0.2) is 198 Å². The zero-order chi connectivity index (χ0) is 36.5. The number of para-hydroxylation sites is 3. The first kappa shape index (κ1) is 30.3. The van der Waals surface area contributed by atoms with Gasteiger partial charge in [0.25, 0.3) is 0 Å². The van der Waals surface area contributed by atoms with Gasteiger partial charge in [-0.3, -0.25) is 9.13 Å². The van der Waals surface area contributed by atoms with Crippen LogP contribution < -0.4 is 0 Å². The molecule has 3 aromatic heterocycles. The highest BCUT2D eigenvalue weighted by Gasteiger charge is 2.28. The molecule has 0 saturated carbocycles. The topological polar surface area (TPSA) is 14.8 Å². The molecule has 0 atom stereocenters. The molecule has 0 aliphatic carbocycles. The number of hydrogen-bond donors (Lipinski definition) is 0. The van der Waals surface area contributed by atoms with E-state index in [4.69, 9.17) is 0 Å². The molecule has 0 amide bonds. The van der Waals surface area contributed by atoms with Crippen LogP contribution in [0.3, 0.4) is 0 Å². The van der Waals surface area contributed by atoms with Gasteiger partial charge in [-0.2, -0.15) is 0 Å². The molecule has 260 valence electrons. The third-order valence-corrected chi connectivity index (χ3v) is 13.1. The lowest BCUT2D eigenvalue weighted by Crippen LogP contribution is -2.06. The minimum absolute atomic E-state index is 1.15. The van der Waals surface area contributed by atoms with Crippen LogP contribution in [0, 0.1) is 0 Å². The molecule has 56 heavy (non-hydrogen) atoms. The SMILES string of the molecule is c1ccc(-n2c3ccccc3c3c4cccc5c4n(c32)-c2cc(-c3cccc(-n4c6cc7ccccc7cc6c6ccc7ccccc7c64)c3)ccc2S5)cc1. The molecule has 1 aliphatic rings. The molecule has 9 aromatic carbocycles. The Morgan fingerprint density at radius 3 is 1.95 bits per heavy atom. The fourth-order valence-corrected chi connectivity index (χ4v) is 10.6. The number of hydrogen-bond acceptors (Lipinski definition) is 1. The summed E-state index contributed by atoms with van der Waals surface area (Å²) in [6, 6.07) is 69.4. The van der Waals surface area contributed by atoms with Crippen molar-refractivity contribution >= 4 is 88.0 Å². The van der Waals surface area contributed by atoms with E-state index in [0.29, 0.717) is 0 Å². The quantitative estimate of drug-likeness (QED) is 0.177. The average Bonchev–Trinajstić information content (AvgIpc) is 3.90. The summed E-state index contributed by atoms with van der Waals surface area (Å²) in [7, 11) is 0. The third kappa shape index (κ3) is 4.08. The van der Waals surface area contributed by atoms with Crippen LogP contribution in [0.25, 0.3) is 104 Å². The summed E-state index contributed by atoms with van der Waals surface area (Å²) in [5.41, 5.74) is 12.1. The Morgan fingerprint density at radius 1 is 0.339 bits per heavy atom. The van der Waals surface area contributed by atoms with E-state index in [-0.39, 0.29) is 0 Å². The highest BCUT2D eigenvalue weighted by molar-refractivity contribution is 7.99. The molecule has 3 nitrogen and oxygen atoms in total. The molecule has 1 aliphatic heterocycles. The lowest BCUT2D eigenvalue weighted by molar-refractivity contribution is 1.03. The summed E-state index contributed by atoms with van der Waals surface area (Å²) in [6.45, 7) is 0. The Balaban J connectivity index is 1.07. The molecular formula is C52H31N3S. The molecular weight excluding hydrogens is 699 g/mol. The molecule has 0 unspecified atom stereocenters. The second-order valence-corrected chi connectivity index (χ2v) is 16.0. The number of benzene rings is 9. The van der Waals surface area contributed by atoms with E-state index in [0.717, 1.165) is 11.4 Å². The molecule has 0 fully saturated rings. The number of fused-ring (bicyclic) bond motifs is 13. The summed E-state index contributed by atoms with van der Waals surface area (Å²) in [5.74, 6) is 0. The van der Waals surface area contributed by atoms with Crippen LogP contribution in [-0.4, -0.2) is 13.7 Å². The van der Waals surface area contributed by atoms with Gasteiger partial charge in [-0.15, -0.1) is 0 Å². The molecule has 0 N–H and O–H groups in total. The van der Waals surface area contributed by atoms with Crippen molar-refractivity contribution in [2.45, 2.75) is 9.79 Å². The number of rotatable bonds is 3. The predicted molar refractivity (Wildman–Crippen MR) is 237 cm³/mol. The van der Waals surface area contributed by atoms with Gasteiger partial charge in [0, 0.05) is 53.5 Å². The molecule has 0 saturated heterocycles. The van der Waals surface area contributed by atoms with E-state index in [9.17, 15) is 0 Å². The zero-order valence-electron chi connectivity index (χ0n) is 30.1. The molecule has 13 rings (SSSR count). The normalized spacial score (nSPS) is 12.6. The molecule has 12 aromatic rings. The van der Waals surface area contributed by atoms with Crippen molar-refractivity contribution in [2.75, 3.05) is 0 Å². The van der Waals surface area contributed by atoms with Gasteiger partial charge in [0.15, 0.2) is 0 Å². The van der Waals surface area contributed by atoms with E-state index in [1.165, 1.54) is 103 Å². The molecule has 4 heteroatoms. The van der Waals surface area contributed by atoms with Crippen molar-refractivity contribution in [3.8, 4) is 28.2 Å². The van der Waals surface area contributed by atoms with E-state index in [1.807, 2.05) is 11.8 Å². The highest BCUT2D eigenvalue weighted by Crippen LogP contribution is 2.50. The van der Waals surface area contributed by atoms with Crippen molar-refractivity contribution < 1.29 is 0 Å². The maximum atomic E-state index is 2.54. The van der Waals surface area contributed by atoms with E-state index in [1.54, 1.807) is 0 Å². The smallest absolute Gasteiger partial charge is 0.131 e. The minimum Gasteiger partial charge on any atom is -0.309 e. The van der Waals surface area contributed by atoms with Crippen molar-refractivity contribution in [2.24, 2.45) is 0 Å². The van der Waals surface area contributed by atoms with Gasteiger partial charge in [0.2, 0.25) is 0 Å². The highest BCUT2D eigenvalue weighted by atomic mass is 32.2. The van der Waals surface area contributed by atoms with Gasteiger partial charge in [-0.1, -0.05) is 139 Å². The Hall–Kier alpha value is -7.01. The number of aromatic nitrogens is 3. The summed E-state index contributed by atoms with van der Waals surface area (Å²) in [5, 5.41) is 11.4. The standard InChI is InChI=1S/C52H31N3S/c1-2-16-37(17-3-1)54-44-22-9-8-20-41(44)49-42-21-11-23-48-51(42)55(52(49)54)46-31-36(25-27-47(46)56-48)33-15-10-18-38(28-33)53-45-30-35-14-5-4-13-34(35)29-43(45)40-26-24-32-12-6-7-19-39(32)50(40)53/h1-31H. The maximum Gasteiger partial charge on any atom is 0.131 e. The van der Waals surface area contributed by atoms with Crippen LogP contribution >= 0.6 is 11.8 Å². The fraction of sp³-hybridized carbons (Fsp3) is 0. The summed E-state index contributed by atoms with van der Waals surface area (Å²) in [6.07, 6.45) is 0. The Morgan fingerprint density at radius 2 is 1.05 bits per heavy atom.